The maximum atomic E-state index is 12.6. The van der Waals surface area contributed by atoms with Gasteiger partial charge in [-0.1, -0.05) is 42.0 Å². The number of anilines is 1. The summed E-state index contributed by atoms with van der Waals surface area (Å²) in [6, 6.07) is 17.8. The monoisotopic (exact) mass is 376 g/mol. The van der Waals surface area contributed by atoms with Crippen molar-refractivity contribution in [3.8, 4) is 11.3 Å². The molecule has 1 amide bonds. The van der Waals surface area contributed by atoms with E-state index in [1.165, 1.54) is 11.1 Å². The van der Waals surface area contributed by atoms with Gasteiger partial charge in [-0.3, -0.25) is 14.8 Å². The van der Waals surface area contributed by atoms with E-state index in [0.29, 0.717) is 5.69 Å². The molecule has 0 atom stereocenters. The number of hydrogen-bond acceptors (Lipinski definition) is 4. The predicted molar refractivity (Wildman–Crippen MR) is 109 cm³/mol. The molecule has 0 spiro atoms. The Hall–Kier alpha value is -2.96. The molecule has 1 aliphatic heterocycles. The van der Waals surface area contributed by atoms with E-state index in [2.05, 4.69) is 26.5 Å². The zero-order valence-corrected chi connectivity index (χ0v) is 15.9. The lowest BCUT2D eigenvalue weighted by Crippen LogP contribution is -2.35. The van der Waals surface area contributed by atoms with Crippen LogP contribution in [0.15, 0.2) is 54.6 Å². The Morgan fingerprint density at radius 3 is 2.71 bits per heavy atom. The van der Waals surface area contributed by atoms with Crippen LogP contribution in [0.3, 0.4) is 0 Å². The largest absolute Gasteiger partial charge is 0.379 e. The predicted octanol–water partition coefficient (Wildman–Crippen LogP) is 3.47. The third-order valence-corrected chi connectivity index (χ3v) is 4.86. The van der Waals surface area contributed by atoms with Crippen molar-refractivity contribution in [2.24, 2.45) is 0 Å². The van der Waals surface area contributed by atoms with E-state index >= 15 is 0 Å². The van der Waals surface area contributed by atoms with Gasteiger partial charge in [-0.2, -0.15) is 5.10 Å². The van der Waals surface area contributed by atoms with Crippen LogP contribution in [-0.4, -0.2) is 47.3 Å². The Morgan fingerprint density at radius 2 is 1.93 bits per heavy atom. The zero-order valence-electron chi connectivity index (χ0n) is 15.9. The van der Waals surface area contributed by atoms with E-state index in [1.807, 2.05) is 49.4 Å². The summed E-state index contributed by atoms with van der Waals surface area (Å²) >= 11 is 0. The van der Waals surface area contributed by atoms with Gasteiger partial charge in [0, 0.05) is 30.9 Å². The first-order valence-corrected chi connectivity index (χ1v) is 9.50. The number of benzene rings is 2. The minimum absolute atomic E-state index is 0.200. The van der Waals surface area contributed by atoms with Gasteiger partial charge in [0.1, 0.15) is 5.69 Å². The molecule has 28 heavy (non-hydrogen) atoms. The first-order valence-electron chi connectivity index (χ1n) is 9.50. The smallest absolute Gasteiger partial charge is 0.273 e. The molecule has 1 saturated heterocycles. The fourth-order valence-electron chi connectivity index (χ4n) is 3.27. The highest BCUT2D eigenvalue weighted by atomic mass is 16.5. The van der Waals surface area contributed by atoms with Crippen molar-refractivity contribution in [3.63, 3.8) is 0 Å². The van der Waals surface area contributed by atoms with Crippen molar-refractivity contribution < 1.29 is 9.53 Å². The average Bonchev–Trinajstić information content (AvgIpc) is 3.20. The van der Waals surface area contributed by atoms with Gasteiger partial charge in [0.2, 0.25) is 0 Å². The van der Waals surface area contributed by atoms with Crippen molar-refractivity contribution in [1.29, 1.82) is 0 Å². The number of nitrogens with one attached hydrogen (secondary N) is 2. The highest BCUT2D eigenvalue weighted by Gasteiger charge is 2.13. The third kappa shape index (κ3) is 4.47. The summed E-state index contributed by atoms with van der Waals surface area (Å²) in [4.78, 5) is 15.0. The number of morpholine rings is 1. The van der Waals surface area contributed by atoms with Gasteiger partial charge in [0.25, 0.3) is 5.91 Å². The zero-order chi connectivity index (χ0) is 19.3. The molecule has 1 aliphatic rings. The van der Waals surface area contributed by atoms with Crippen molar-refractivity contribution in [2.75, 3.05) is 31.6 Å². The highest BCUT2D eigenvalue weighted by molar-refractivity contribution is 6.03. The number of amides is 1. The van der Waals surface area contributed by atoms with E-state index in [1.54, 1.807) is 6.07 Å². The molecular weight excluding hydrogens is 352 g/mol. The van der Waals surface area contributed by atoms with Crippen molar-refractivity contribution >= 4 is 11.6 Å². The van der Waals surface area contributed by atoms with E-state index in [-0.39, 0.29) is 5.91 Å². The number of aromatic nitrogens is 2. The minimum Gasteiger partial charge on any atom is -0.379 e. The molecule has 2 heterocycles. The number of nitrogens with zero attached hydrogens (tertiary/aromatic N) is 2. The minimum atomic E-state index is -0.200. The fourth-order valence-corrected chi connectivity index (χ4v) is 3.27. The number of H-pyrrole nitrogens is 1. The Kier molecular flexibility index (Phi) is 5.50. The SMILES string of the molecule is Cc1ccc(-c2cc(C(=O)Nc3cccc(CN4CCOCC4)c3)[nH]n2)cc1. The second-order valence-electron chi connectivity index (χ2n) is 7.08. The molecule has 4 rings (SSSR count). The van der Waals surface area contributed by atoms with Crippen molar-refractivity contribution in [2.45, 2.75) is 13.5 Å². The van der Waals surface area contributed by atoms with Crippen LogP contribution in [-0.2, 0) is 11.3 Å². The summed E-state index contributed by atoms with van der Waals surface area (Å²) in [5.74, 6) is -0.200. The molecule has 3 aromatic rings. The molecule has 144 valence electrons. The molecule has 1 aromatic heterocycles. The number of ether oxygens (including phenoxy) is 1. The summed E-state index contributed by atoms with van der Waals surface area (Å²) in [5.41, 5.74) is 5.31. The second-order valence-corrected chi connectivity index (χ2v) is 7.08. The quantitative estimate of drug-likeness (QED) is 0.715. The van der Waals surface area contributed by atoms with E-state index in [0.717, 1.165) is 49.8 Å². The van der Waals surface area contributed by atoms with Gasteiger partial charge >= 0.3 is 0 Å². The third-order valence-electron chi connectivity index (χ3n) is 4.86. The average molecular weight is 376 g/mol. The van der Waals surface area contributed by atoms with Gasteiger partial charge in [0.05, 0.1) is 18.9 Å². The van der Waals surface area contributed by atoms with Gasteiger partial charge in [0.15, 0.2) is 0 Å². The van der Waals surface area contributed by atoms with E-state index < -0.39 is 0 Å². The Balaban J connectivity index is 1.42. The molecule has 2 aromatic carbocycles. The summed E-state index contributed by atoms with van der Waals surface area (Å²) in [7, 11) is 0. The molecular formula is C22H24N4O2. The van der Waals surface area contributed by atoms with Gasteiger partial charge < -0.3 is 10.1 Å². The van der Waals surface area contributed by atoms with Crippen LogP contribution in [0, 0.1) is 6.92 Å². The van der Waals surface area contributed by atoms with Crippen molar-refractivity contribution in [3.05, 3.63) is 71.4 Å². The molecule has 1 fully saturated rings. The van der Waals surface area contributed by atoms with Gasteiger partial charge in [-0.15, -0.1) is 0 Å². The van der Waals surface area contributed by atoms with Crippen LogP contribution in [0.25, 0.3) is 11.3 Å². The highest BCUT2D eigenvalue weighted by Crippen LogP contribution is 2.19. The normalized spacial score (nSPS) is 14.8. The van der Waals surface area contributed by atoms with E-state index in [4.69, 9.17) is 4.74 Å². The summed E-state index contributed by atoms with van der Waals surface area (Å²) < 4.78 is 5.39. The molecule has 0 aliphatic carbocycles. The van der Waals surface area contributed by atoms with Gasteiger partial charge in [-0.05, 0) is 30.7 Å². The molecule has 0 radical (unpaired) electrons. The number of aromatic amines is 1. The molecule has 0 bridgehead atoms. The number of aryl methyl sites for hydroxylation is 1. The maximum Gasteiger partial charge on any atom is 0.273 e. The Labute approximate surface area is 164 Å². The lowest BCUT2D eigenvalue weighted by molar-refractivity contribution is 0.0342. The van der Waals surface area contributed by atoms with Crippen LogP contribution in [0.1, 0.15) is 21.6 Å². The number of carbonyl (C=O) groups excluding carboxylic acids is 1. The first kappa shape index (κ1) is 18.4. The van der Waals surface area contributed by atoms with Crippen LogP contribution < -0.4 is 5.32 Å². The van der Waals surface area contributed by atoms with Crippen LogP contribution in [0.4, 0.5) is 5.69 Å². The number of hydrogen-bond donors (Lipinski definition) is 2. The summed E-state index contributed by atoms with van der Waals surface area (Å²) in [6.07, 6.45) is 0. The number of rotatable bonds is 5. The van der Waals surface area contributed by atoms with Crippen LogP contribution >= 0.6 is 0 Å². The Bertz CT molecular complexity index is 943. The summed E-state index contributed by atoms with van der Waals surface area (Å²) in [6.45, 7) is 6.33. The second kappa shape index (κ2) is 8.37. The van der Waals surface area contributed by atoms with Crippen molar-refractivity contribution in [1.82, 2.24) is 15.1 Å². The first-order chi connectivity index (χ1) is 13.7. The lowest BCUT2D eigenvalue weighted by Gasteiger charge is -2.26. The summed E-state index contributed by atoms with van der Waals surface area (Å²) in [5, 5.41) is 10.1. The van der Waals surface area contributed by atoms with Crippen LogP contribution in [0.5, 0.6) is 0 Å². The molecule has 0 saturated carbocycles. The van der Waals surface area contributed by atoms with Crippen LogP contribution in [0.2, 0.25) is 0 Å². The standard InChI is InChI=1S/C22H24N4O2/c1-16-5-7-18(8-6-16)20-14-21(25-24-20)22(27)23-19-4-2-3-17(13-19)15-26-9-11-28-12-10-26/h2-8,13-14H,9-12,15H2,1H3,(H,23,27)(H,24,25). The fraction of sp³-hybridized carbons (Fsp3) is 0.273. The lowest BCUT2D eigenvalue weighted by atomic mass is 10.1. The topological polar surface area (TPSA) is 70.2 Å². The molecule has 6 heteroatoms. The van der Waals surface area contributed by atoms with E-state index in [9.17, 15) is 4.79 Å². The Morgan fingerprint density at radius 1 is 1.14 bits per heavy atom. The molecule has 2 N–H and O–H groups in total. The number of carbonyl (C=O) groups is 1. The maximum absolute atomic E-state index is 12.6. The van der Waals surface area contributed by atoms with Gasteiger partial charge in [-0.25, -0.2) is 0 Å². The molecule has 6 nitrogen and oxygen atoms in total. The molecule has 0 unspecified atom stereocenters.